The van der Waals surface area contributed by atoms with Gasteiger partial charge in [0.1, 0.15) is 30.0 Å². The molecular weight excluding hydrogens is 747 g/mol. The van der Waals surface area contributed by atoms with Crippen LogP contribution in [-0.4, -0.2) is 60.9 Å². The van der Waals surface area contributed by atoms with E-state index in [0.717, 1.165) is 51.3 Å². The number of hydrogen-bond donors (Lipinski definition) is 2. The highest BCUT2D eigenvalue weighted by Gasteiger charge is 2.40. The number of nitrogens with zero attached hydrogens (tertiary/aromatic N) is 1. The van der Waals surface area contributed by atoms with E-state index in [1.165, 1.54) is 44.1 Å². The van der Waals surface area contributed by atoms with Crippen molar-refractivity contribution in [3.8, 4) is 17.2 Å². The number of carbonyl (C=O) groups excluding carboxylic acids is 3. The van der Waals surface area contributed by atoms with Crippen molar-refractivity contribution in [2.24, 2.45) is 11.7 Å². The molecule has 0 aromatic heterocycles. The van der Waals surface area contributed by atoms with Crippen LogP contribution >= 0.6 is 0 Å². The van der Waals surface area contributed by atoms with E-state index < -0.39 is 35.7 Å². The first-order valence-electron chi connectivity index (χ1n) is 20.6. The third-order valence-corrected chi connectivity index (χ3v) is 11.2. The van der Waals surface area contributed by atoms with Gasteiger partial charge < -0.3 is 34.7 Å². The van der Waals surface area contributed by atoms with Crippen molar-refractivity contribution in [1.29, 1.82) is 0 Å². The first-order valence-corrected chi connectivity index (χ1v) is 20.6. The Kier molecular flexibility index (Phi) is 13.7. The highest BCUT2D eigenvalue weighted by Crippen LogP contribution is 2.41. The van der Waals surface area contributed by atoms with E-state index >= 15 is 0 Å². The molecule has 6 rings (SSSR count). The zero-order chi connectivity index (χ0) is 42.3. The van der Waals surface area contributed by atoms with Crippen molar-refractivity contribution < 1.29 is 38.1 Å². The minimum absolute atomic E-state index is 0.0811. The van der Waals surface area contributed by atoms with Gasteiger partial charge in [-0.25, -0.2) is 9.59 Å². The summed E-state index contributed by atoms with van der Waals surface area (Å²) >= 11 is 0. The molecule has 3 aromatic carbocycles. The third kappa shape index (κ3) is 10.9. The second-order valence-corrected chi connectivity index (χ2v) is 16.8. The fraction of sp³-hybridized carbons (Fsp3) is 0.438. The van der Waals surface area contributed by atoms with Crippen LogP contribution in [0, 0.1) is 5.92 Å². The summed E-state index contributed by atoms with van der Waals surface area (Å²) in [4.78, 5) is 42.5. The van der Waals surface area contributed by atoms with Crippen molar-refractivity contribution in [2.75, 3.05) is 20.3 Å². The lowest BCUT2D eigenvalue weighted by molar-refractivity contribution is -0.145. The lowest BCUT2D eigenvalue weighted by atomic mass is 9.90. The number of nitrogens with one attached hydrogen (secondary N) is 1. The fourth-order valence-electron chi connectivity index (χ4n) is 7.84. The minimum atomic E-state index is -1.02. The monoisotopic (exact) mass is 805 g/mol. The van der Waals surface area contributed by atoms with E-state index in [1.54, 1.807) is 26.8 Å². The molecule has 1 fully saturated rings. The molecule has 2 aliphatic heterocycles. The Balaban J connectivity index is 1.18. The van der Waals surface area contributed by atoms with E-state index in [4.69, 9.17) is 29.4 Å². The third-order valence-electron chi connectivity index (χ3n) is 11.2. The second kappa shape index (κ2) is 18.9. The Hall–Kier alpha value is -5.71. The van der Waals surface area contributed by atoms with Crippen LogP contribution < -0.4 is 25.3 Å². The van der Waals surface area contributed by atoms with E-state index in [2.05, 4.69) is 11.9 Å². The number of benzene rings is 3. The molecule has 1 saturated carbocycles. The van der Waals surface area contributed by atoms with E-state index in [-0.39, 0.29) is 25.5 Å². The molecule has 3 N–H and O–H groups in total. The van der Waals surface area contributed by atoms with Gasteiger partial charge in [0.25, 0.3) is 0 Å². The average molecular weight is 806 g/mol. The van der Waals surface area contributed by atoms with Crippen LogP contribution in [0.3, 0.4) is 0 Å². The van der Waals surface area contributed by atoms with Gasteiger partial charge >= 0.3 is 12.1 Å². The molecule has 11 heteroatoms. The van der Waals surface area contributed by atoms with Gasteiger partial charge in [0, 0.05) is 18.5 Å². The quantitative estimate of drug-likeness (QED) is 0.136. The second-order valence-electron chi connectivity index (χ2n) is 16.8. The SMILES string of the molecule is C=C/C=C(\C(C)=C(\C)N)c1ccc(C[C@H](NC(=O)[C@@H]2Cc3cc4c(cc3CN2C(=O)OC(C)(C)C)O[C@@H](c2ccc(OCC3CCCCC3)cc2)CO4)C(=O)OC)cc1. The number of fused-ring (bicyclic) bond motifs is 2. The summed E-state index contributed by atoms with van der Waals surface area (Å²) in [7, 11) is 1.28. The Bertz CT molecular complexity index is 2050. The Labute approximate surface area is 348 Å². The average Bonchev–Trinajstić information content (AvgIpc) is 3.22. The zero-order valence-electron chi connectivity index (χ0n) is 35.3. The maximum Gasteiger partial charge on any atom is 0.411 e. The Morgan fingerprint density at radius 3 is 2.32 bits per heavy atom. The van der Waals surface area contributed by atoms with Crippen LogP contribution in [0.25, 0.3) is 5.57 Å². The van der Waals surface area contributed by atoms with Gasteiger partial charge in [0.15, 0.2) is 17.6 Å². The first-order chi connectivity index (χ1) is 28.2. The largest absolute Gasteiger partial charge is 0.493 e. The lowest BCUT2D eigenvalue weighted by Crippen LogP contribution is -2.56. The Morgan fingerprint density at radius 2 is 1.68 bits per heavy atom. The number of nitrogens with two attached hydrogens (primary N) is 1. The molecule has 3 aliphatic rings. The predicted octanol–water partition coefficient (Wildman–Crippen LogP) is 8.54. The topological polar surface area (TPSA) is 139 Å². The van der Waals surface area contributed by atoms with Crippen molar-refractivity contribution in [2.45, 2.75) is 110 Å². The lowest BCUT2D eigenvalue weighted by Gasteiger charge is -2.38. The van der Waals surface area contributed by atoms with Gasteiger partial charge in [0.05, 0.1) is 20.3 Å². The predicted molar refractivity (Wildman–Crippen MR) is 228 cm³/mol. The molecule has 2 heterocycles. The maximum absolute atomic E-state index is 14.2. The Morgan fingerprint density at radius 1 is 0.983 bits per heavy atom. The van der Waals surface area contributed by atoms with Crippen LogP contribution in [-0.2, 0) is 38.4 Å². The normalized spacial score (nSPS) is 19.1. The highest BCUT2D eigenvalue weighted by molar-refractivity contribution is 5.90. The molecular formula is C48H59N3O8. The fourth-order valence-corrected chi connectivity index (χ4v) is 7.84. The van der Waals surface area contributed by atoms with Crippen molar-refractivity contribution in [3.05, 3.63) is 118 Å². The maximum atomic E-state index is 14.2. The summed E-state index contributed by atoms with van der Waals surface area (Å²) in [6, 6.07) is 17.4. The first kappa shape index (κ1) is 42.9. The molecule has 59 heavy (non-hydrogen) atoms. The molecule has 11 nitrogen and oxygen atoms in total. The minimum Gasteiger partial charge on any atom is -0.493 e. The molecule has 0 bridgehead atoms. The van der Waals surface area contributed by atoms with Crippen LogP contribution in [0.2, 0.25) is 0 Å². The van der Waals surface area contributed by atoms with E-state index in [9.17, 15) is 14.4 Å². The molecule has 1 aliphatic carbocycles. The van der Waals surface area contributed by atoms with Gasteiger partial charge in [-0.3, -0.25) is 9.69 Å². The van der Waals surface area contributed by atoms with Gasteiger partial charge in [0.2, 0.25) is 5.91 Å². The summed E-state index contributed by atoms with van der Waals surface area (Å²) in [5.41, 5.74) is 12.2. The molecule has 3 atom stereocenters. The van der Waals surface area contributed by atoms with Gasteiger partial charge in [-0.2, -0.15) is 0 Å². The number of methoxy groups -OCH3 is 1. The molecule has 2 amide bonds. The summed E-state index contributed by atoms with van der Waals surface area (Å²) in [5.74, 6) is 1.46. The summed E-state index contributed by atoms with van der Waals surface area (Å²) in [5, 5.41) is 2.89. The van der Waals surface area contributed by atoms with Crippen LogP contribution in [0.1, 0.15) is 101 Å². The molecule has 0 unspecified atom stereocenters. The van der Waals surface area contributed by atoms with Crippen molar-refractivity contribution in [3.63, 3.8) is 0 Å². The van der Waals surface area contributed by atoms with Crippen LogP contribution in [0.15, 0.2) is 90.7 Å². The highest BCUT2D eigenvalue weighted by atomic mass is 16.6. The van der Waals surface area contributed by atoms with E-state index in [0.29, 0.717) is 29.7 Å². The molecule has 3 aromatic rings. The molecule has 0 radical (unpaired) electrons. The number of allylic oxidation sites excluding steroid dienone is 5. The number of esters is 1. The smallest absolute Gasteiger partial charge is 0.411 e. The van der Waals surface area contributed by atoms with E-state index in [1.807, 2.05) is 80.6 Å². The van der Waals surface area contributed by atoms with Gasteiger partial charge in [-0.05, 0) is 117 Å². The number of hydrogen-bond acceptors (Lipinski definition) is 9. The van der Waals surface area contributed by atoms with Gasteiger partial charge in [-0.15, -0.1) is 0 Å². The number of amides is 2. The molecule has 314 valence electrons. The molecule has 0 spiro atoms. The van der Waals surface area contributed by atoms with Crippen molar-refractivity contribution >= 4 is 23.5 Å². The molecule has 0 saturated heterocycles. The summed E-state index contributed by atoms with van der Waals surface area (Å²) in [6.07, 6.45) is 9.30. The van der Waals surface area contributed by atoms with Crippen LogP contribution in [0.4, 0.5) is 4.79 Å². The van der Waals surface area contributed by atoms with Gasteiger partial charge in [-0.1, -0.05) is 74.4 Å². The standard InChI is InChI=1S/C48H59N3O8/c1-8-12-39(30(2)31(3)49)34-17-15-32(16-18-34)23-40(46(53)55-7)50-45(52)41-24-36-25-42-43(26-37(36)27-51(41)47(54)59-48(4,5)6)58-44(29-57-42)35-19-21-38(22-20-35)56-28-33-13-10-9-11-14-33/h8,12,15-22,25-26,33,40-41,44H,1,9-11,13-14,23-24,27-29,49H2,2-7H3,(H,50,52)/b31-30-,39-12+/t40-,41-,44+/m0/s1. The zero-order valence-corrected chi connectivity index (χ0v) is 35.3. The number of carbonyl (C=O) groups is 3. The summed E-state index contributed by atoms with van der Waals surface area (Å²) < 4.78 is 29.8. The number of rotatable bonds is 12. The van der Waals surface area contributed by atoms with Crippen molar-refractivity contribution in [1.82, 2.24) is 10.2 Å². The van der Waals surface area contributed by atoms with Crippen LogP contribution in [0.5, 0.6) is 17.2 Å². The summed E-state index contributed by atoms with van der Waals surface area (Å²) in [6.45, 7) is 14.1. The number of ether oxygens (including phenoxy) is 5.